The predicted molar refractivity (Wildman–Crippen MR) is 199 cm³/mol. The Morgan fingerprint density at radius 3 is 1.34 bits per heavy atom. The van der Waals surface area contributed by atoms with E-state index >= 15 is 0 Å². The Hall–Kier alpha value is -6.18. The minimum atomic E-state index is 0.920. The summed E-state index contributed by atoms with van der Waals surface area (Å²) in [7, 11) is 0. The maximum absolute atomic E-state index is 6.98. The zero-order chi connectivity index (χ0) is 30.9. The van der Waals surface area contributed by atoms with Crippen molar-refractivity contribution in [1.82, 2.24) is 0 Å². The average Bonchev–Trinajstić information content (AvgIpc) is 3.55. The highest BCUT2D eigenvalue weighted by molar-refractivity contribution is 6.29. The van der Waals surface area contributed by atoms with Crippen molar-refractivity contribution < 1.29 is 4.42 Å². The molecule has 0 N–H and O–H groups in total. The molecule has 0 saturated heterocycles. The second-order valence-electron chi connectivity index (χ2n) is 12.4. The highest BCUT2D eigenvalue weighted by Crippen LogP contribution is 2.47. The summed E-state index contributed by atoms with van der Waals surface area (Å²) in [5.74, 6) is 0. The largest absolute Gasteiger partial charge is 0.455 e. The van der Waals surface area contributed by atoms with E-state index in [0.717, 1.165) is 44.2 Å². The van der Waals surface area contributed by atoms with E-state index in [2.05, 4.69) is 170 Å². The van der Waals surface area contributed by atoms with Crippen LogP contribution in [0, 0.1) is 0 Å². The summed E-state index contributed by atoms with van der Waals surface area (Å²) in [4.78, 5) is 0. The summed E-state index contributed by atoms with van der Waals surface area (Å²) in [5, 5.41) is 9.98. The lowest BCUT2D eigenvalue weighted by molar-refractivity contribution is 0.671. The molecule has 0 atom stereocenters. The van der Waals surface area contributed by atoms with Gasteiger partial charge in [-0.2, -0.15) is 0 Å². The summed E-state index contributed by atoms with van der Waals surface area (Å²) < 4.78 is 6.98. The molecule has 0 aliphatic carbocycles. The Kier molecular flexibility index (Phi) is 5.64. The topological polar surface area (TPSA) is 13.1 Å². The van der Waals surface area contributed by atoms with Gasteiger partial charge in [-0.25, -0.2) is 0 Å². The zero-order valence-electron chi connectivity index (χ0n) is 25.6. The van der Waals surface area contributed by atoms with Gasteiger partial charge < -0.3 is 4.42 Å². The van der Waals surface area contributed by atoms with Crippen LogP contribution < -0.4 is 0 Å². The molecular weight excluding hydrogens is 569 g/mol. The lowest BCUT2D eigenvalue weighted by Crippen LogP contribution is -1.90. The zero-order valence-corrected chi connectivity index (χ0v) is 25.6. The highest BCUT2D eigenvalue weighted by Gasteiger charge is 2.22. The molecule has 0 saturated carbocycles. The minimum absolute atomic E-state index is 0.920. The Bertz CT molecular complexity index is 2750. The first-order chi connectivity index (χ1) is 23.3. The molecule has 0 unspecified atom stereocenters. The molecule has 0 radical (unpaired) electrons. The van der Waals surface area contributed by atoms with Crippen LogP contribution in [0.25, 0.3) is 98.8 Å². The third-order valence-corrected chi connectivity index (χ3v) is 9.86. The minimum Gasteiger partial charge on any atom is -0.455 e. The molecule has 1 nitrogen and oxygen atoms in total. The normalized spacial score (nSPS) is 11.8. The highest BCUT2D eigenvalue weighted by atomic mass is 16.3. The number of fused-ring (bicyclic) bond motifs is 3. The van der Waals surface area contributed by atoms with Crippen LogP contribution in [0.4, 0.5) is 0 Å². The molecule has 9 aromatic carbocycles. The van der Waals surface area contributed by atoms with Crippen LogP contribution >= 0.6 is 0 Å². The van der Waals surface area contributed by atoms with Crippen molar-refractivity contribution in [2.45, 2.75) is 0 Å². The average molecular weight is 597 g/mol. The van der Waals surface area contributed by atoms with Crippen molar-refractivity contribution in [2.75, 3.05) is 0 Å². The van der Waals surface area contributed by atoms with Crippen molar-refractivity contribution in [3.05, 3.63) is 170 Å². The van der Waals surface area contributed by atoms with Crippen LogP contribution in [0.2, 0.25) is 0 Å². The molecule has 0 aliphatic rings. The summed E-state index contributed by atoms with van der Waals surface area (Å²) in [6, 6.07) is 61.3. The first-order valence-corrected chi connectivity index (χ1v) is 16.2. The fourth-order valence-electron chi connectivity index (χ4n) is 7.72. The van der Waals surface area contributed by atoms with Crippen LogP contribution in [0.3, 0.4) is 0 Å². The fraction of sp³-hybridized carbons (Fsp3) is 0. The number of benzene rings is 9. The Morgan fingerprint density at radius 1 is 0.255 bits per heavy atom. The van der Waals surface area contributed by atoms with Gasteiger partial charge in [0.25, 0.3) is 0 Å². The molecule has 218 valence electrons. The Balaban J connectivity index is 1.31. The second-order valence-corrected chi connectivity index (χ2v) is 12.4. The smallest absolute Gasteiger partial charge is 0.143 e. The molecule has 1 aromatic heterocycles. The van der Waals surface area contributed by atoms with Gasteiger partial charge in [0.1, 0.15) is 11.2 Å². The van der Waals surface area contributed by atoms with Crippen molar-refractivity contribution in [1.29, 1.82) is 0 Å². The molecule has 1 heteroatoms. The lowest BCUT2D eigenvalue weighted by atomic mass is 9.86. The van der Waals surface area contributed by atoms with E-state index in [4.69, 9.17) is 4.42 Å². The number of rotatable bonds is 4. The van der Waals surface area contributed by atoms with Gasteiger partial charge >= 0.3 is 0 Å². The molecule has 0 amide bonds. The molecule has 0 aliphatic heterocycles. The van der Waals surface area contributed by atoms with Crippen molar-refractivity contribution >= 4 is 54.3 Å². The van der Waals surface area contributed by atoms with Gasteiger partial charge in [-0.05, 0) is 71.8 Å². The Labute approximate surface area is 272 Å². The van der Waals surface area contributed by atoms with E-state index in [9.17, 15) is 0 Å². The maximum Gasteiger partial charge on any atom is 0.143 e. The predicted octanol–water partition coefficient (Wildman–Crippen LogP) is 13.2. The van der Waals surface area contributed by atoms with E-state index in [0.29, 0.717) is 0 Å². The molecule has 10 rings (SSSR count). The molecular formula is C46H28O. The molecule has 10 aromatic rings. The van der Waals surface area contributed by atoms with Crippen molar-refractivity contribution in [2.24, 2.45) is 0 Å². The SMILES string of the molecule is c1ccc(-c2ccc3ccc4c(-c5ccc(-c6ccccc6)c6oc7c(-c8ccccc8)cccc7c56)ccc5ccc2c3c54)cc1. The number of para-hydroxylation sites is 1. The lowest BCUT2D eigenvalue weighted by Gasteiger charge is -2.17. The van der Waals surface area contributed by atoms with E-state index in [1.807, 2.05) is 0 Å². The van der Waals surface area contributed by atoms with Gasteiger partial charge in [0.15, 0.2) is 0 Å². The third kappa shape index (κ3) is 3.90. The van der Waals surface area contributed by atoms with E-state index in [-0.39, 0.29) is 0 Å². The first kappa shape index (κ1) is 26.1. The maximum atomic E-state index is 6.98. The second kappa shape index (κ2) is 10.2. The molecule has 1 heterocycles. The van der Waals surface area contributed by atoms with Gasteiger partial charge in [0.05, 0.1) is 0 Å². The van der Waals surface area contributed by atoms with Gasteiger partial charge in [0, 0.05) is 21.9 Å². The molecule has 0 fully saturated rings. The van der Waals surface area contributed by atoms with Crippen molar-refractivity contribution in [3.63, 3.8) is 0 Å². The Morgan fingerprint density at radius 2 is 0.723 bits per heavy atom. The first-order valence-electron chi connectivity index (χ1n) is 16.2. The van der Waals surface area contributed by atoms with Crippen LogP contribution in [-0.2, 0) is 0 Å². The number of hydrogen-bond donors (Lipinski definition) is 0. The molecule has 0 bridgehead atoms. The molecule has 47 heavy (non-hydrogen) atoms. The standard InChI is InChI=1S/C46H28O/c1-4-11-29(12-5-1)34-23-19-32-22-26-39-37(24-20-33-21-25-38(34)42(32)43(33)39)40-28-27-36(31-15-8-3-9-16-31)46-44(40)41-18-10-17-35(45(41)47-46)30-13-6-2-7-14-30/h1-28H. The van der Waals surface area contributed by atoms with Crippen LogP contribution in [0.15, 0.2) is 174 Å². The van der Waals surface area contributed by atoms with Gasteiger partial charge in [0.2, 0.25) is 0 Å². The summed E-state index contributed by atoms with van der Waals surface area (Å²) in [6.45, 7) is 0. The quantitative estimate of drug-likeness (QED) is 0.184. The van der Waals surface area contributed by atoms with E-state index in [1.165, 1.54) is 54.6 Å². The van der Waals surface area contributed by atoms with Crippen LogP contribution in [-0.4, -0.2) is 0 Å². The third-order valence-electron chi connectivity index (χ3n) is 9.86. The van der Waals surface area contributed by atoms with Gasteiger partial charge in [-0.15, -0.1) is 0 Å². The van der Waals surface area contributed by atoms with Gasteiger partial charge in [-0.3, -0.25) is 0 Å². The van der Waals surface area contributed by atoms with Gasteiger partial charge in [-0.1, -0.05) is 164 Å². The van der Waals surface area contributed by atoms with E-state index < -0.39 is 0 Å². The summed E-state index contributed by atoms with van der Waals surface area (Å²) in [5.41, 5.74) is 11.2. The van der Waals surface area contributed by atoms with Crippen molar-refractivity contribution in [3.8, 4) is 44.5 Å². The number of furan rings is 1. The molecule has 0 spiro atoms. The fourth-order valence-corrected chi connectivity index (χ4v) is 7.72. The van der Waals surface area contributed by atoms with E-state index in [1.54, 1.807) is 0 Å². The number of hydrogen-bond acceptors (Lipinski definition) is 1. The summed E-state index contributed by atoms with van der Waals surface area (Å²) in [6.07, 6.45) is 0. The monoisotopic (exact) mass is 596 g/mol. The summed E-state index contributed by atoms with van der Waals surface area (Å²) >= 11 is 0. The van der Waals surface area contributed by atoms with Crippen LogP contribution in [0.1, 0.15) is 0 Å². The van der Waals surface area contributed by atoms with Crippen LogP contribution in [0.5, 0.6) is 0 Å².